The van der Waals surface area contributed by atoms with E-state index >= 15 is 0 Å². The van der Waals surface area contributed by atoms with E-state index in [2.05, 4.69) is 43.3 Å². The van der Waals surface area contributed by atoms with Gasteiger partial charge in [0.25, 0.3) is 0 Å². The number of nitrogens with one attached hydrogen (secondary N) is 2. The summed E-state index contributed by atoms with van der Waals surface area (Å²) in [6.07, 6.45) is 0.147. The van der Waals surface area contributed by atoms with Crippen LogP contribution in [0.4, 0.5) is 0 Å². The summed E-state index contributed by atoms with van der Waals surface area (Å²) in [4.78, 5) is 4.24. The van der Waals surface area contributed by atoms with Gasteiger partial charge in [0.1, 0.15) is 0 Å². The van der Waals surface area contributed by atoms with Crippen molar-refractivity contribution in [2.75, 3.05) is 40.5 Å². The van der Waals surface area contributed by atoms with Crippen LogP contribution in [0.2, 0.25) is 0 Å². The van der Waals surface area contributed by atoms with E-state index in [1.54, 1.807) is 14.2 Å². The fourth-order valence-corrected chi connectivity index (χ4v) is 2.00. The molecule has 1 unspecified atom stereocenters. The van der Waals surface area contributed by atoms with E-state index in [0.717, 1.165) is 32.3 Å². The molecular formula is C14H29N3O2. The molecule has 0 aromatic carbocycles. The van der Waals surface area contributed by atoms with Crippen molar-refractivity contribution < 1.29 is 9.47 Å². The van der Waals surface area contributed by atoms with Crippen LogP contribution in [0.1, 0.15) is 27.7 Å². The molecule has 0 radical (unpaired) electrons. The molecule has 5 heteroatoms. The van der Waals surface area contributed by atoms with Crippen LogP contribution in [0.25, 0.3) is 0 Å². The van der Waals surface area contributed by atoms with E-state index in [9.17, 15) is 0 Å². The van der Waals surface area contributed by atoms with Crippen molar-refractivity contribution in [1.82, 2.24) is 10.6 Å². The van der Waals surface area contributed by atoms with Crippen LogP contribution < -0.4 is 10.6 Å². The molecule has 0 amide bonds. The lowest BCUT2D eigenvalue weighted by Gasteiger charge is -2.38. The first-order valence-electron chi connectivity index (χ1n) is 6.86. The summed E-state index contributed by atoms with van der Waals surface area (Å²) >= 11 is 0. The van der Waals surface area contributed by atoms with Gasteiger partial charge in [-0.3, -0.25) is 4.99 Å². The molecule has 0 bridgehead atoms. The minimum absolute atomic E-state index is 0.106. The minimum atomic E-state index is 0.106. The van der Waals surface area contributed by atoms with E-state index in [1.165, 1.54) is 0 Å². The quantitative estimate of drug-likeness (QED) is 0.584. The first-order chi connectivity index (χ1) is 8.80. The Balaban J connectivity index is 2.36. The second-order valence-electron chi connectivity index (χ2n) is 6.70. The maximum Gasteiger partial charge on any atom is 0.191 e. The molecule has 1 aliphatic rings. The SMILES string of the molecule is CN=C(NCC(OC)C(C)(C)C)NCC1(C)COC1. The molecule has 0 spiro atoms. The number of aliphatic imine (C=N–C) groups is 1. The number of hydrogen-bond donors (Lipinski definition) is 2. The Morgan fingerprint density at radius 2 is 2.00 bits per heavy atom. The molecule has 0 aliphatic carbocycles. The molecule has 1 rings (SSSR count). The maximum atomic E-state index is 5.52. The van der Waals surface area contributed by atoms with Crippen molar-refractivity contribution in [3.63, 3.8) is 0 Å². The van der Waals surface area contributed by atoms with E-state index in [-0.39, 0.29) is 16.9 Å². The first kappa shape index (κ1) is 16.2. The predicted molar refractivity (Wildman–Crippen MR) is 78.5 cm³/mol. The third-order valence-corrected chi connectivity index (χ3v) is 3.51. The maximum absolute atomic E-state index is 5.52. The molecule has 1 saturated heterocycles. The fraction of sp³-hybridized carbons (Fsp3) is 0.929. The van der Waals surface area contributed by atoms with Gasteiger partial charge in [0.05, 0.1) is 19.3 Å². The van der Waals surface area contributed by atoms with Crippen LogP contribution in [-0.4, -0.2) is 52.5 Å². The summed E-state index contributed by atoms with van der Waals surface area (Å²) < 4.78 is 10.8. The Morgan fingerprint density at radius 1 is 1.37 bits per heavy atom. The second kappa shape index (κ2) is 6.57. The van der Waals surface area contributed by atoms with Gasteiger partial charge in [0.15, 0.2) is 5.96 Å². The summed E-state index contributed by atoms with van der Waals surface area (Å²) in [5, 5.41) is 6.67. The minimum Gasteiger partial charge on any atom is -0.380 e. The lowest BCUT2D eigenvalue weighted by atomic mass is 9.88. The third-order valence-electron chi connectivity index (χ3n) is 3.51. The summed E-state index contributed by atoms with van der Waals surface area (Å²) in [6.45, 7) is 12.0. The van der Waals surface area contributed by atoms with Gasteiger partial charge in [-0.15, -0.1) is 0 Å². The molecule has 1 heterocycles. The van der Waals surface area contributed by atoms with E-state index in [1.807, 2.05) is 0 Å². The smallest absolute Gasteiger partial charge is 0.191 e. The lowest BCUT2D eigenvalue weighted by molar-refractivity contribution is -0.0971. The number of rotatable bonds is 5. The zero-order chi connectivity index (χ0) is 14.5. The molecule has 5 nitrogen and oxygen atoms in total. The van der Waals surface area contributed by atoms with Crippen molar-refractivity contribution in [2.24, 2.45) is 15.8 Å². The zero-order valence-corrected chi connectivity index (χ0v) is 13.2. The van der Waals surface area contributed by atoms with Gasteiger partial charge in [-0.05, 0) is 5.41 Å². The van der Waals surface area contributed by atoms with Gasteiger partial charge in [0, 0.05) is 32.7 Å². The Labute approximate surface area is 117 Å². The number of guanidine groups is 1. The van der Waals surface area contributed by atoms with Gasteiger partial charge in [0.2, 0.25) is 0 Å². The molecule has 1 aliphatic heterocycles. The number of ether oxygens (including phenoxy) is 2. The van der Waals surface area contributed by atoms with Gasteiger partial charge >= 0.3 is 0 Å². The highest BCUT2D eigenvalue weighted by Crippen LogP contribution is 2.25. The molecule has 112 valence electrons. The van der Waals surface area contributed by atoms with Gasteiger partial charge < -0.3 is 20.1 Å². The Hall–Kier alpha value is -0.810. The van der Waals surface area contributed by atoms with E-state index in [4.69, 9.17) is 9.47 Å². The van der Waals surface area contributed by atoms with Crippen LogP contribution in [0, 0.1) is 10.8 Å². The molecule has 19 heavy (non-hydrogen) atoms. The largest absolute Gasteiger partial charge is 0.380 e. The first-order valence-corrected chi connectivity index (χ1v) is 6.86. The van der Waals surface area contributed by atoms with Crippen LogP contribution in [0.5, 0.6) is 0 Å². The van der Waals surface area contributed by atoms with Gasteiger partial charge in [-0.25, -0.2) is 0 Å². The lowest BCUT2D eigenvalue weighted by Crippen LogP contribution is -2.52. The Kier molecular flexibility index (Phi) is 5.62. The molecule has 0 aromatic rings. The van der Waals surface area contributed by atoms with E-state index in [0.29, 0.717) is 0 Å². The average Bonchev–Trinajstić information content (AvgIpc) is 2.29. The highest BCUT2D eigenvalue weighted by atomic mass is 16.5. The third kappa shape index (κ3) is 4.99. The second-order valence-corrected chi connectivity index (χ2v) is 6.70. The molecule has 1 fully saturated rings. The van der Waals surface area contributed by atoms with Crippen molar-refractivity contribution in [3.8, 4) is 0 Å². The van der Waals surface area contributed by atoms with Gasteiger partial charge in [-0.1, -0.05) is 27.7 Å². The Bertz CT molecular complexity index is 306. The summed E-state index contributed by atoms with van der Waals surface area (Å²) in [7, 11) is 3.54. The molecule has 2 N–H and O–H groups in total. The van der Waals surface area contributed by atoms with Crippen LogP contribution in [-0.2, 0) is 9.47 Å². The van der Waals surface area contributed by atoms with Crippen molar-refractivity contribution in [2.45, 2.75) is 33.8 Å². The number of hydrogen-bond acceptors (Lipinski definition) is 3. The summed E-state index contributed by atoms with van der Waals surface area (Å²) in [5.74, 6) is 0.819. The van der Waals surface area contributed by atoms with Crippen molar-refractivity contribution in [1.29, 1.82) is 0 Å². The predicted octanol–water partition coefficient (Wildman–Crippen LogP) is 1.25. The van der Waals surface area contributed by atoms with Crippen LogP contribution >= 0.6 is 0 Å². The molecule has 0 aromatic heterocycles. The summed E-state index contributed by atoms with van der Waals surface area (Å²) in [5.41, 5.74) is 0.344. The Morgan fingerprint density at radius 3 is 2.37 bits per heavy atom. The topological polar surface area (TPSA) is 54.9 Å². The van der Waals surface area contributed by atoms with Gasteiger partial charge in [-0.2, -0.15) is 0 Å². The summed E-state index contributed by atoms with van der Waals surface area (Å²) in [6, 6.07) is 0. The normalized spacial score (nSPS) is 20.6. The highest BCUT2D eigenvalue weighted by molar-refractivity contribution is 5.79. The number of methoxy groups -OCH3 is 1. The molecule has 1 atom stereocenters. The fourth-order valence-electron chi connectivity index (χ4n) is 2.00. The average molecular weight is 271 g/mol. The monoisotopic (exact) mass is 271 g/mol. The van der Waals surface area contributed by atoms with Crippen LogP contribution in [0.3, 0.4) is 0 Å². The molecular weight excluding hydrogens is 242 g/mol. The van der Waals surface area contributed by atoms with Crippen molar-refractivity contribution in [3.05, 3.63) is 0 Å². The number of nitrogens with zero attached hydrogens (tertiary/aromatic N) is 1. The standard InChI is InChI=1S/C14H29N3O2/c1-13(2,3)11(18-6)7-16-12(15-5)17-8-14(4)9-19-10-14/h11H,7-10H2,1-6H3,(H2,15,16,17). The highest BCUT2D eigenvalue weighted by Gasteiger charge is 2.33. The van der Waals surface area contributed by atoms with Crippen LogP contribution in [0.15, 0.2) is 4.99 Å². The van der Waals surface area contributed by atoms with Crippen molar-refractivity contribution >= 4 is 5.96 Å². The zero-order valence-electron chi connectivity index (χ0n) is 13.2. The van der Waals surface area contributed by atoms with E-state index < -0.39 is 0 Å². The molecule has 0 saturated carbocycles.